The second-order valence-corrected chi connectivity index (χ2v) is 6.95. The molecule has 1 aliphatic rings. The van der Waals surface area contributed by atoms with Crippen molar-refractivity contribution in [2.24, 2.45) is 0 Å². The number of amides is 2. The third kappa shape index (κ3) is 3.53. The lowest BCUT2D eigenvalue weighted by Crippen LogP contribution is -2.58. The van der Waals surface area contributed by atoms with Crippen LogP contribution in [0.5, 0.6) is 5.75 Å². The number of carboxylic acid groups (broad SMARTS) is 1. The van der Waals surface area contributed by atoms with Crippen molar-refractivity contribution >= 4 is 29.2 Å². The van der Waals surface area contributed by atoms with Crippen LogP contribution in [0.25, 0.3) is 0 Å². The fraction of sp³-hybridized carbons (Fsp3) is 0.250. The first-order valence-electron chi connectivity index (χ1n) is 8.56. The van der Waals surface area contributed by atoms with Gasteiger partial charge in [-0.25, -0.2) is 9.18 Å². The van der Waals surface area contributed by atoms with Crippen molar-refractivity contribution in [2.75, 3.05) is 10.2 Å². The molecule has 2 aromatic carbocycles. The van der Waals surface area contributed by atoms with Gasteiger partial charge < -0.3 is 15.2 Å². The van der Waals surface area contributed by atoms with Gasteiger partial charge in [0.2, 0.25) is 5.91 Å². The molecule has 146 valence electrons. The Balaban J connectivity index is 1.97. The SMILES string of the molecule is CC(C(=O)Nc1ccc(F)cc1)N1C(=O)C(C)(C)Oc2ccc(C(=O)O)cc21. The molecule has 1 atom stereocenters. The van der Waals surface area contributed by atoms with Gasteiger partial charge in [0.05, 0.1) is 11.3 Å². The molecule has 3 rings (SSSR count). The van der Waals surface area contributed by atoms with E-state index in [0.717, 1.165) is 0 Å². The first-order valence-corrected chi connectivity index (χ1v) is 8.56. The van der Waals surface area contributed by atoms with Crippen LogP contribution in [0.1, 0.15) is 31.1 Å². The summed E-state index contributed by atoms with van der Waals surface area (Å²) >= 11 is 0. The number of nitrogens with zero attached hydrogens (tertiary/aromatic N) is 1. The first kappa shape index (κ1) is 19.3. The van der Waals surface area contributed by atoms with Gasteiger partial charge in [0, 0.05) is 5.69 Å². The number of ether oxygens (including phenoxy) is 1. The number of fused-ring (bicyclic) bond motifs is 1. The number of benzene rings is 2. The van der Waals surface area contributed by atoms with Crippen LogP contribution in [-0.4, -0.2) is 34.5 Å². The molecule has 0 fully saturated rings. The van der Waals surface area contributed by atoms with E-state index < -0.39 is 35.2 Å². The molecule has 0 radical (unpaired) electrons. The lowest BCUT2D eigenvalue weighted by Gasteiger charge is -2.41. The number of carbonyl (C=O) groups is 3. The van der Waals surface area contributed by atoms with E-state index >= 15 is 0 Å². The zero-order valence-corrected chi connectivity index (χ0v) is 15.5. The van der Waals surface area contributed by atoms with Crippen molar-refractivity contribution in [2.45, 2.75) is 32.4 Å². The lowest BCUT2D eigenvalue weighted by atomic mass is 10.0. The highest BCUT2D eigenvalue weighted by Gasteiger charge is 2.44. The maximum absolute atomic E-state index is 13.1. The average molecular weight is 386 g/mol. The molecule has 1 heterocycles. The van der Waals surface area contributed by atoms with E-state index in [9.17, 15) is 23.9 Å². The van der Waals surface area contributed by atoms with Gasteiger partial charge in [-0.3, -0.25) is 14.5 Å². The van der Waals surface area contributed by atoms with Crippen LogP contribution in [0.15, 0.2) is 42.5 Å². The van der Waals surface area contributed by atoms with Crippen molar-refractivity contribution in [3.05, 3.63) is 53.8 Å². The molecular weight excluding hydrogens is 367 g/mol. The van der Waals surface area contributed by atoms with Crippen LogP contribution in [0.3, 0.4) is 0 Å². The van der Waals surface area contributed by atoms with Crippen LogP contribution < -0.4 is 15.0 Å². The number of carbonyl (C=O) groups excluding carboxylic acids is 2. The first-order chi connectivity index (χ1) is 13.1. The standard InChI is InChI=1S/C20H19FN2O5/c1-11(17(24)22-14-7-5-13(21)6-8-14)23-15-10-12(18(25)26)4-9-16(15)28-20(2,3)19(23)27/h4-11H,1-3H3,(H,22,24)(H,25,26). The molecule has 0 saturated carbocycles. The van der Waals surface area contributed by atoms with E-state index in [1.165, 1.54) is 54.3 Å². The Labute approximate surface area is 160 Å². The van der Waals surface area contributed by atoms with Crippen molar-refractivity contribution in [3.8, 4) is 5.75 Å². The molecule has 0 spiro atoms. The van der Waals surface area contributed by atoms with Gasteiger partial charge in [-0.1, -0.05) is 0 Å². The molecule has 0 aromatic heterocycles. The molecule has 0 aliphatic carbocycles. The molecule has 1 unspecified atom stereocenters. The summed E-state index contributed by atoms with van der Waals surface area (Å²) < 4.78 is 18.8. The van der Waals surface area contributed by atoms with Crippen LogP contribution in [0.4, 0.5) is 15.8 Å². The summed E-state index contributed by atoms with van der Waals surface area (Å²) in [5.74, 6) is -2.29. The Morgan fingerprint density at radius 2 is 1.82 bits per heavy atom. The monoisotopic (exact) mass is 386 g/mol. The topological polar surface area (TPSA) is 95.9 Å². The van der Waals surface area contributed by atoms with Crippen molar-refractivity contribution in [3.63, 3.8) is 0 Å². The smallest absolute Gasteiger partial charge is 0.335 e. The Kier molecular flexibility index (Phi) is 4.80. The van der Waals surface area contributed by atoms with Crippen LogP contribution in [-0.2, 0) is 9.59 Å². The molecular formula is C20H19FN2O5. The second-order valence-electron chi connectivity index (χ2n) is 6.95. The van der Waals surface area contributed by atoms with Gasteiger partial charge in [-0.05, 0) is 63.2 Å². The molecule has 8 heteroatoms. The number of halogens is 1. The highest BCUT2D eigenvalue weighted by molar-refractivity contribution is 6.09. The second kappa shape index (κ2) is 6.95. The lowest BCUT2D eigenvalue weighted by molar-refractivity contribution is -0.134. The van der Waals surface area contributed by atoms with Gasteiger partial charge in [0.25, 0.3) is 5.91 Å². The average Bonchev–Trinajstić information content (AvgIpc) is 2.63. The van der Waals surface area contributed by atoms with Crippen LogP contribution >= 0.6 is 0 Å². The molecule has 0 bridgehead atoms. The van der Waals surface area contributed by atoms with Crippen LogP contribution in [0.2, 0.25) is 0 Å². The minimum absolute atomic E-state index is 0.0361. The molecule has 2 N–H and O–H groups in total. The number of nitrogens with one attached hydrogen (secondary N) is 1. The minimum atomic E-state index is -1.23. The summed E-state index contributed by atoms with van der Waals surface area (Å²) in [5.41, 5.74) is -0.697. The van der Waals surface area contributed by atoms with E-state index in [2.05, 4.69) is 5.32 Å². The van der Waals surface area contributed by atoms with E-state index in [4.69, 9.17) is 4.74 Å². The number of hydrogen-bond acceptors (Lipinski definition) is 4. The highest BCUT2D eigenvalue weighted by Crippen LogP contribution is 2.39. The van der Waals surface area contributed by atoms with Crippen LogP contribution in [0, 0.1) is 5.82 Å². The van der Waals surface area contributed by atoms with E-state index in [0.29, 0.717) is 11.4 Å². The van der Waals surface area contributed by atoms with Crippen molar-refractivity contribution in [1.29, 1.82) is 0 Å². The summed E-state index contributed by atoms with van der Waals surface area (Å²) in [7, 11) is 0. The molecule has 2 aromatic rings. The zero-order chi connectivity index (χ0) is 20.6. The van der Waals surface area contributed by atoms with Gasteiger partial charge in [0.1, 0.15) is 17.6 Å². The Hall–Kier alpha value is -3.42. The Morgan fingerprint density at radius 1 is 1.18 bits per heavy atom. The Bertz CT molecular complexity index is 956. The third-order valence-electron chi connectivity index (χ3n) is 4.44. The summed E-state index contributed by atoms with van der Waals surface area (Å²) in [4.78, 5) is 38.2. The van der Waals surface area contributed by atoms with Gasteiger partial charge >= 0.3 is 5.97 Å². The quantitative estimate of drug-likeness (QED) is 0.842. The summed E-state index contributed by atoms with van der Waals surface area (Å²) in [6, 6.07) is 8.38. The van der Waals surface area contributed by atoms with Gasteiger partial charge in [-0.15, -0.1) is 0 Å². The minimum Gasteiger partial charge on any atom is -0.478 e. The fourth-order valence-electron chi connectivity index (χ4n) is 2.92. The summed E-state index contributed by atoms with van der Waals surface area (Å²) in [5, 5.41) is 11.9. The largest absolute Gasteiger partial charge is 0.478 e. The number of hydrogen-bond donors (Lipinski definition) is 2. The van der Waals surface area contributed by atoms with E-state index in [1.807, 2.05) is 0 Å². The highest BCUT2D eigenvalue weighted by atomic mass is 19.1. The summed E-state index contributed by atoms with van der Waals surface area (Å²) in [6.07, 6.45) is 0. The fourth-order valence-corrected chi connectivity index (χ4v) is 2.92. The Morgan fingerprint density at radius 3 is 2.43 bits per heavy atom. The third-order valence-corrected chi connectivity index (χ3v) is 4.44. The molecule has 1 aliphatic heterocycles. The molecule has 2 amide bonds. The number of aromatic carboxylic acids is 1. The number of rotatable bonds is 4. The summed E-state index contributed by atoms with van der Waals surface area (Å²) in [6.45, 7) is 4.66. The van der Waals surface area contributed by atoms with E-state index in [1.54, 1.807) is 13.8 Å². The van der Waals surface area contributed by atoms with Crippen molar-refractivity contribution < 1.29 is 28.6 Å². The zero-order valence-electron chi connectivity index (χ0n) is 15.5. The van der Waals surface area contributed by atoms with Gasteiger partial charge in [-0.2, -0.15) is 0 Å². The normalized spacial score (nSPS) is 16.0. The van der Waals surface area contributed by atoms with E-state index in [-0.39, 0.29) is 11.3 Å². The molecule has 0 saturated heterocycles. The number of carboxylic acids is 1. The molecule has 7 nitrogen and oxygen atoms in total. The predicted molar refractivity (Wildman–Crippen MR) is 100 cm³/mol. The maximum atomic E-state index is 13.1. The molecule has 28 heavy (non-hydrogen) atoms. The number of anilines is 2. The predicted octanol–water partition coefficient (Wildman–Crippen LogP) is 3.06. The maximum Gasteiger partial charge on any atom is 0.335 e. The van der Waals surface area contributed by atoms with Crippen molar-refractivity contribution in [1.82, 2.24) is 0 Å². The van der Waals surface area contributed by atoms with Gasteiger partial charge in [0.15, 0.2) is 5.60 Å².